The van der Waals surface area contributed by atoms with E-state index in [1.165, 1.54) is 0 Å². The number of morpholine rings is 1. The lowest BCUT2D eigenvalue weighted by Gasteiger charge is -2.37. The molecule has 4 aromatic rings. The maximum Gasteiger partial charge on any atom is 0.323 e. The molecule has 0 radical (unpaired) electrons. The summed E-state index contributed by atoms with van der Waals surface area (Å²) >= 11 is 0. The van der Waals surface area contributed by atoms with E-state index in [0.29, 0.717) is 42.0 Å². The van der Waals surface area contributed by atoms with Crippen molar-refractivity contribution in [3.05, 3.63) is 66.4 Å². The lowest BCUT2D eigenvalue weighted by atomic mass is 10.1. The van der Waals surface area contributed by atoms with Crippen molar-refractivity contribution in [1.82, 2.24) is 24.3 Å². The lowest BCUT2D eigenvalue weighted by molar-refractivity contribution is 0.0595. The summed E-state index contributed by atoms with van der Waals surface area (Å²) in [5.74, 6) is 1.58. The maximum absolute atomic E-state index is 12.9. The summed E-state index contributed by atoms with van der Waals surface area (Å²) in [7, 11) is 0. The Kier molecular flexibility index (Phi) is 8.76. The van der Waals surface area contributed by atoms with Gasteiger partial charge in [-0.25, -0.2) is 14.8 Å². The molecule has 0 bridgehead atoms. The van der Waals surface area contributed by atoms with Crippen LogP contribution in [0.15, 0.2) is 60.8 Å². The molecule has 0 saturated carbocycles. The molecule has 2 aromatic heterocycles. The van der Waals surface area contributed by atoms with Gasteiger partial charge in [0, 0.05) is 80.6 Å². The number of nitrogens with one attached hydrogen (secondary N) is 2. The standard InChI is InChI=1S/C33H40N8O3/c1-4-38-14-13-28-29(38)31(40-19-21-44-22-20-40)37-30(36-28)24-5-9-26(10-6-24)34-33(43)35-27-11-7-25(8-12-27)32(42)41-17-15-39(16-18-41)23(2)3/h5-14,23H,4,15-22H2,1-3H3,(H2,34,35,43). The van der Waals surface area contributed by atoms with E-state index in [2.05, 4.69) is 52.0 Å². The molecule has 2 N–H and O–H groups in total. The molecule has 2 aliphatic heterocycles. The van der Waals surface area contributed by atoms with Crippen LogP contribution in [0.3, 0.4) is 0 Å². The van der Waals surface area contributed by atoms with Crippen molar-refractivity contribution in [2.24, 2.45) is 0 Å². The number of hydrogen-bond donors (Lipinski definition) is 2. The predicted molar refractivity (Wildman–Crippen MR) is 173 cm³/mol. The number of anilines is 3. The van der Waals surface area contributed by atoms with Crippen molar-refractivity contribution in [3.8, 4) is 11.4 Å². The van der Waals surface area contributed by atoms with Crippen LogP contribution < -0.4 is 15.5 Å². The van der Waals surface area contributed by atoms with Gasteiger partial charge >= 0.3 is 6.03 Å². The zero-order chi connectivity index (χ0) is 30.6. The first kappa shape index (κ1) is 29.6. The first-order chi connectivity index (χ1) is 21.4. The molecule has 0 atom stereocenters. The van der Waals surface area contributed by atoms with Crippen LogP contribution in [0.5, 0.6) is 0 Å². The molecule has 2 aromatic carbocycles. The van der Waals surface area contributed by atoms with Crippen molar-refractivity contribution in [2.75, 3.05) is 68.0 Å². The third-order valence-corrected chi connectivity index (χ3v) is 8.37. The molecule has 11 nitrogen and oxygen atoms in total. The number of ether oxygens (including phenoxy) is 1. The number of rotatable bonds is 7. The highest BCUT2D eigenvalue weighted by Crippen LogP contribution is 2.30. The van der Waals surface area contributed by atoms with Crippen LogP contribution in [-0.2, 0) is 11.3 Å². The molecule has 4 heterocycles. The minimum Gasteiger partial charge on any atom is -0.378 e. The smallest absolute Gasteiger partial charge is 0.323 e. The van der Waals surface area contributed by atoms with Crippen LogP contribution in [0, 0.1) is 0 Å². The van der Waals surface area contributed by atoms with Crippen LogP contribution in [0.1, 0.15) is 31.1 Å². The van der Waals surface area contributed by atoms with Gasteiger partial charge in [-0.05, 0) is 75.4 Å². The van der Waals surface area contributed by atoms with Gasteiger partial charge in [-0.15, -0.1) is 0 Å². The van der Waals surface area contributed by atoms with Crippen molar-refractivity contribution >= 4 is 40.2 Å². The van der Waals surface area contributed by atoms with Gasteiger partial charge in [0.25, 0.3) is 5.91 Å². The van der Waals surface area contributed by atoms with Crippen LogP contribution in [0.2, 0.25) is 0 Å². The summed E-state index contributed by atoms with van der Waals surface area (Å²) in [6.45, 7) is 13.4. The Hall–Kier alpha value is -4.48. The lowest BCUT2D eigenvalue weighted by Crippen LogP contribution is -2.50. The maximum atomic E-state index is 12.9. The first-order valence-corrected chi connectivity index (χ1v) is 15.4. The van der Waals surface area contributed by atoms with Crippen LogP contribution in [-0.4, -0.2) is 94.8 Å². The number of carbonyl (C=O) groups is 2. The number of piperazine rings is 1. The fourth-order valence-corrected chi connectivity index (χ4v) is 5.79. The number of amides is 3. The Labute approximate surface area is 257 Å². The number of hydrogen-bond acceptors (Lipinski definition) is 7. The molecule has 2 saturated heterocycles. The highest BCUT2D eigenvalue weighted by Gasteiger charge is 2.24. The summed E-state index contributed by atoms with van der Waals surface area (Å²) in [5, 5.41) is 5.73. The van der Waals surface area contributed by atoms with Gasteiger partial charge < -0.3 is 29.7 Å². The predicted octanol–water partition coefficient (Wildman–Crippen LogP) is 4.77. The Balaban J connectivity index is 1.09. The van der Waals surface area contributed by atoms with Gasteiger partial charge in [-0.2, -0.15) is 0 Å². The van der Waals surface area contributed by atoms with E-state index in [4.69, 9.17) is 14.7 Å². The van der Waals surface area contributed by atoms with E-state index < -0.39 is 0 Å². The van der Waals surface area contributed by atoms with E-state index in [9.17, 15) is 9.59 Å². The third kappa shape index (κ3) is 6.39. The van der Waals surface area contributed by atoms with Crippen LogP contribution in [0.4, 0.5) is 22.0 Å². The molecule has 0 spiro atoms. The SMILES string of the molecule is CCn1ccc2nc(-c3ccc(NC(=O)Nc4ccc(C(=O)N5CCN(C(C)C)CC5)cc4)cc3)nc(N3CCOCC3)c21. The summed E-state index contributed by atoms with van der Waals surface area (Å²) in [5.41, 5.74) is 4.67. The van der Waals surface area contributed by atoms with Gasteiger partial charge in [0.15, 0.2) is 11.6 Å². The van der Waals surface area contributed by atoms with Crippen molar-refractivity contribution < 1.29 is 14.3 Å². The first-order valence-electron chi connectivity index (χ1n) is 15.4. The second-order valence-corrected chi connectivity index (χ2v) is 11.5. The van der Waals surface area contributed by atoms with Crippen LogP contribution >= 0.6 is 0 Å². The zero-order valence-corrected chi connectivity index (χ0v) is 25.6. The van der Waals surface area contributed by atoms with E-state index in [0.717, 1.165) is 68.2 Å². The minimum absolute atomic E-state index is 0.0209. The number of carbonyl (C=O) groups excluding carboxylic acids is 2. The third-order valence-electron chi connectivity index (χ3n) is 8.37. The number of fused-ring (bicyclic) bond motifs is 1. The number of aryl methyl sites for hydroxylation is 1. The Bertz CT molecular complexity index is 1600. The van der Waals surface area contributed by atoms with Gasteiger partial charge in [-0.3, -0.25) is 9.69 Å². The average molecular weight is 597 g/mol. The van der Waals surface area contributed by atoms with Crippen LogP contribution in [0.25, 0.3) is 22.4 Å². The molecular formula is C33H40N8O3. The second-order valence-electron chi connectivity index (χ2n) is 11.5. The van der Waals surface area contributed by atoms with Crippen molar-refractivity contribution in [3.63, 3.8) is 0 Å². The van der Waals surface area contributed by atoms with E-state index >= 15 is 0 Å². The molecule has 3 amide bonds. The monoisotopic (exact) mass is 596 g/mol. The number of benzene rings is 2. The van der Waals surface area contributed by atoms with Crippen molar-refractivity contribution in [1.29, 1.82) is 0 Å². The number of nitrogens with zero attached hydrogens (tertiary/aromatic N) is 6. The van der Waals surface area contributed by atoms with Gasteiger partial charge in [-0.1, -0.05) is 0 Å². The summed E-state index contributed by atoms with van der Waals surface area (Å²) in [6.07, 6.45) is 2.05. The number of urea groups is 1. The Morgan fingerprint density at radius 3 is 2.09 bits per heavy atom. The number of aromatic nitrogens is 3. The summed E-state index contributed by atoms with van der Waals surface area (Å²) in [4.78, 5) is 42.1. The molecular weight excluding hydrogens is 556 g/mol. The quantitative estimate of drug-likeness (QED) is 0.317. The normalized spacial score (nSPS) is 16.0. The summed E-state index contributed by atoms with van der Waals surface area (Å²) in [6, 6.07) is 16.7. The Morgan fingerprint density at radius 1 is 0.841 bits per heavy atom. The topological polar surface area (TPSA) is 108 Å². The molecule has 2 fully saturated rings. The largest absolute Gasteiger partial charge is 0.378 e. The molecule has 0 aliphatic carbocycles. The molecule has 6 rings (SSSR count). The zero-order valence-electron chi connectivity index (χ0n) is 25.6. The highest BCUT2D eigenvalue weighted by molar-refractivity contribution is 6.00. The molecule has 44 heavy (non-hydrogen) atoms. The molecule has 0 unspecified atom stereocenters. The summed E-state index contributed by atoms with van der Waals surface area (Å²) < 4.78 is 7.74. The van der Waals surface area contributed by atoms with Gasteiger partial charge in [0.2, 0.25) is 0 Å². The fourth-order valence-electron chi connectivity index (χ4n) is 5.79. The second kappa shape index (κ2) is 13.0. The molecule has 230 valence electrons. The van der Waals surface area contributed by atoms with E-state index in [1.807, 2.05) is 35.2 Å². The van der Waals surface area contributed by atoms with Gasteiger partial charge in [0.1, 0.15) is 5.52 Å². The average Bonchev–Trinajstić information content (AvgIpc) is 3.48. The van der Waals surface area contributed by atoms with Crippen molar-refractivity contribution in [2.45, 2.75) is 33.4 Å². The fraction of sp³-hybridized carbons (Fsp3) is 0.394. The molecule has 11 heteroatoms. The molecule has 2 aliphatic rings. The Morgan fingerprint density at radius 2 is 1.48 bits per heavy atom. The van der Waals surface area contributed by atoms with E-state index in [1.54, 1.807) is 24.3 Å². The minimum atomic E-state index is -0.366. The van der Waals surface area contributed by atoms with E-state index in [-0.39, 0.29) is 11.9 Å². The highest BCUT2D eigenvalue weighted by atomic mass is 16.5. The van der Waals surface area contributed by atoms with Gasteiger partial charge in [0.05, 0.1) is 18.7 Å².